The molecule has 1 aromatic carbocycles. The van der Waals surface area contributed by atoms with Crippen molar-refractivity contribution in [1.82, 2.24) is 5.32 Å². The van der Waals surface area contributed by atoms with Crippen LogP contribution in [0.15, 0.2) is 18.2 Å². The quantitative estimate of drug-likeness (QED) is 0.721. The van der Waals surface area contributed by atoms with Gasteiger partial charge in [0.25, 0.3) is 0 Å². The van der Waals surface area contributed by atoms with Crippen LogP contribution < -0.4 is 10.1 Å². The summed E-state index contributed by atoms with van der Waals surface area (Å²) < 4.78 is 11.4. The topological polar surface area (TPSA) is 88.0 Å². The van der Waals surface area contributed by atoms with Crippen molar-refractivity contribution in [3.05, 3.63) is 23.8 Å². The number of aliphatic hydroxyl groups is 1. The Bertz CT molecular complexity index is 763. The SMILES string of the molecule is COc1ccc([C@H]2OCCC34C[C@@H](C[C@H]23)C(C)(C)[C@H]4NC(=O)CCO)cc1O. The summed E-state index contributed by atoms with van der Waals surface area (Å²) in [6.45, 7) is 5.03. The van der Waals surface area contributed by atoms with Crippen LogP contribution in [0, 0.1) is 22.7 Å². The fourth-order valence-corrected chi connectivity index (χ4v) is 6.34. The zero-order chi connectivity index (χ0) is 20.1. The molecule has 1 heterocycles. The normalized spacial score (nSPS) is 35.4. The maximum Gasteiger partial charge on any atom is 0.222 e. The fourth-order valence-electron chi connectivity index (χ4n) is 6.34. The van der Waals surface area contributed by atoms with E-state index < -0.39 is 0 Å². The zero-order valence-corrected chi connectivity index (χ0v) is 16.9. The summed E-state index contributed by atoms with van der Waals surface area (Å²) in [6, 6.07) is 5.58. The van der Waals surface area contributed by atoms with Crippen molar-refractivity contribution in [2.45, 2.75) is 51.7 Å². The van der Waals surface area contributed by atoms with E-state index in [0.717, 1.165) is 24.8 Å². The van der Waals surface area contributed by atoms with Crippen molar-refractivity contribution >= 4 is 5.91 Å². The Morgan fingerprint density at radius 3 is 2.86 bits per heavy atom. The van der Waals surface area contributed by atoms with E-state index in [2.05, 4.69) is 19.2 Å². The summed E-state index contributed by atoms with van der Waals surface area (Å²) in [6.07, 6.45) is 3.14. The van der Waals surface area contributed by atoms with Gasteiger partial charge in [0.2, 0.25) is 5.91 Å². The molecule has 1 aliphatic heterocycles. The Kier molecular flexibility index (Phi) is 4.82. The Morgan fingerprint density at radius 1 is 1.39 bits per heavy atom. The molecule has 6 heteroatoms. The van der Waals surface area contributed by atoms with Crippen LogP contribution >= 0.6 is 0 Å². The first-order valence-corrected chi connectivity index (χ1v) is 10.2. The minimum absolute atomic E-state index is 0.00224. The third-order valence-corrected chi connectivity index (χ3v) is 7.68. The highest BCUT2D eigenvalue weighted by atomic mass is 16.5. The lowest BCUT2D eigenvalue weighted by molar-refractivity contribution is -0.137. The van der Waals surface area contributed by atoms with Crippen molar-refractivity contribution in [3.63, 3.8) is 0 Å². The van der Waals surface area contributed by atoms with Crippen molar-refractivity contribution in [3.8, 4) is 11.5 Å². The van der Waals surface area contributed by atoms with Gasteiger partial charge in [-0.3, -0.25) is 4.79 Å². The number of hydrogen-bond donors (Lipinski definition) is 3. The van der Waals surface area contributed by atoms with Crippen molar-refractivity contribution < 1.29 is 24.5 Å². The second kappa shape index (κ2) is 6.92. The van der Waals surface area contributed by atoms with Crippen molar-refractivity contribution in [2.24, 2.45) is 22.7 Å². The molecule has 154 valence electrons. The number of phenolic OH excluding ortho intramolecular Hbond substituents is 1. The number of ether oxygens (including phenoxy) is 2. The van der Waals surface area contributed by atoms with E-state index in [0.29, 0.717) is 24.2 Å². The lowest BCUT2D eigenvalue weighted by Crippen LogP contribution is -2.59. The zero-order valence-electron chi connectivity index (χ0n) is 16.9. The first-order chi connectivity index (χ1) is 13.3. The van der Waals surface area contributed by atoms with Gasteiger partial charge in [-0.2, -0.15) is 0 Å². The van der Waals surface area contributed by atoms with E-state index in [1.807, 2.05) is 6.07 Å². The van der Waals surface area contributed by atoms with Crippen LogP contribution in [-0.2, 0) is 9.53 Å². The molecule has 0 aromatic heterocycles. The molecule has 0 radical (unpaired) electrons. The van der Waals surface area contributed by atoms with Gasteiger partial charge in [0.05, 0.1) is 19.8 Å². The third kappa shape index (κ3) is 2.80. The van der Waals surface area contributed by atoms with Crippen LogP contribution in [0.3, 0.4) is 0 Å². The maximum absolute atomic E-state index is 12.4. The van der Waals surface area contributed by atoms with Gasteiger partial charge in [-0.1, -0.05) is 19.9 Å². The van der Waals surface area contributed by atoms with E-state index in [4.69, 9.17) is 14.6 Å². The molecule has 1 amide bonds. The molecule has 3 fully saturated rings. The number of methoxy groups -OCH3 is 1. The summed E-state index contributed by atoms with van der Waals surface area (Å²) in [7, 11) is 1.54. The molecule has 28 heavy (non-hydrogen) atoms. The van der Waals surface area contributed by atoms with Crippen LogP contribution in [0.4, 0.5) is 0 Å². The molecule has 2 saturated carbocycles. The number of benzene rings is 1. The number of fused-ring (bicyclic) bond motifs is 1. The highest BCUT2D eigenvalue weighted by molar-refractivity contribution is 5.76. The molecule has 6 nitrogen and oxygen atoms in total. The summed E-state index contributed by atoms with van der Waals surface area (Å²) in [5.41, 5.74) is 0.983. The number of carbonyl (C=O) groups is 1. The average molecular weight is 389 g/mol. The molecular formula is C22H31NO5. The van der Waals surface area contributed by atoms with E-state index in [1.165, 1.54) is 0 Å². The molecule has 1 unspecified atom stereocenters. The monoisotopic (exact) mass is 389 g/mol. The molecule has 5 atom stereocenters. The maximum atomic E-state index is 12.4. The lowest BCUT2D eigenvalue weighted by atomic mass is 9.59. The standard InChI is InChI=1S/C22H31NO5/c1-21(2)14-11-15-19(13-4-5-17(27-3)16(25)10-13)28-9-7-22(15,12-14)20(21)23-18(26)6-8-24/h4-5,10,14-15,19-20,24-25H,6-9,11-12H2,1-3H3,(H,23,26)/t14-,15-,19-,20-,22?/m1/s1. The van der Waals surface area contributed by atoms with E-state index >= 15 is 0 Å². The number of aliphatic hydroxyl groups excluding tert-OH is 1. The van der Waals surface area contributed by atoms with Gasteiger partial charge in [-0.15, -0.1) is 0 Å². The van der Waals surface area contributed by atoms with Crippen LogP contribution in [0.25, 0.3) is 0 Å². The van der Waals surface area contributed by atoms with E-state index in [-0.39, 0.29) is 47.7 Å². The predicted octanol–water partition coefficient (Wildman–Crippen LogP) is 2.78. The molecule has 3 aliphatic rings. The van der Waals surface area contributed by atoms with Gasteiger partial charge in [-0.05, 0) is 59.6 Å². The molecule has 1 aromatic rings. The van der Waals surface area contributed by atoms with Gasteiger partial charge in [0.1, 0.15) is 0 Å². The number of carbonyl (C=O) groups excluding carboxylic acids is 1. The number of nitrogens with one attached hydrogen (secondary N) is 1. The molecule has 2 bridgehead atoms. The average Bonchev–Trinajstić information content (AvgIpc) is 3.14. The first kappa shape index (κ1) is 19.5. The van der Waals surface area contributed by atoms with Gasteiger partial charge >= 0.3 is 0 Å². The second-order valence-electron chi connectivity index (χ2n) is 9.24. The molecule has 3 N–H and O–H groups in total. The van der Waals surface area contributed by atoms with E-state index in [1.54, 1.807) is 19.2 Å². The summed E-state index contributed by atoms with van der Waals surface area (Å²) in [4.78, 5) is 12.4. The van der Waals surface area contributed by atoms with Crippen LogP contribution in [0.5, 0.6) is 11.5 Å². The largest absolute Gasteiger partial charge is 0.504 e. The number of amides is 1. The van der Waals surface area contributed by atoms with Crippen LogP contribution in [0.1, 0.15) is 51.2 Å². The minimum Gasteiger partial charge on any atom is -0.504 e. The Labute approximate surface area is 166 Å². The van der Waals surface area contributed by atoms with Gasteiger partial charge < -0.3 is 25.0 Å². The second-order valence-corrected chi connectivity index (χ2v) is 9.24. The summed E-state index contributed by atoms with van der Waals surface area (Å²) >= 11 is 0. The molecular weight excluding hydrogens is 358 g/mol. The lowest BCUT2D eigenvalue weighted by Gasteiger charge is -2.53. The highest BCUT2D eigenvalue weighted by Crippen LogP contribution is 2.70. The molecule has 4 rings (SSSR count). The van der Waals surface area contributed by atoms with Crippen LogP contribution in [0.2, 0.25) is 0 Å². The first-order valence-electron chi connectivity index (χ1n) is 10.2. The summed E-state index contributed by atoms with van der Waals surface area (Å²) in [5.74, 6) is 1.32. The van der Waals surface area contributed by atoms with Gasteiger partial charge in [0, 0.05) is 19.1 Å². The minimum atomic E-state index is -0.129. The Hall–Kier alpha value is -1.79. The molecule has 2 aliphatic carbocycles. The van der Waals surface area contributed by atoms with Gasteiger partial charge in [-0.25, -0.2) is 0 Å². The number of aromatic hydroxyl groups is 1. The van der Waals surface area contributed by atoms with Crippen molar-refractivity contribution in [1.29, 1.82) is 0 Å². The molecule has 1 spiro atoms. The third-order valence-electron chi connectivity index (χ3n) is 7.68. The number of phenols is 1. The number of hydrogen-bond acceptors (Lipinski definition) is 5. The van der Waals surface area contributed by atoms with Crippen molar-refractivity contribution in [2.75, 3.05) is 20.3 Å². The van der Waals surface area contributed by atoms with Crippen LogP contribution in [-0.4, -0.2) is 42.5 Å². The molecule has 1 saturated heterocycles. The van der Waals surface area contributed by atoms with Gasteiger partial charge in [0.15, 0.2) is 11.5 Å². The predicted molar refractivity (Wildman–Crippen MR) is 104 cm³/mol. The Balaban J connectivity index is 1.66. The highest BCUT2D eigenvalue weighted by Gasteiger charge is 2.68. The van der Waals surface area contributed by atoms with E-state index in [9.17, 15) is 9.90 Å². The summed E-state index contributed by atoms with van der Waals surface area (Å²) in [5, 5.41) is 22.7. The fraction of sp³-hybridized carbons (Fsp3) is 0.682. The number of rotatable bonds is 5. The smallest absolute Gasteiger partial charge is 0.222 e. The Morgan fingerprint density at radius 2 is 2.18 bits per heavy atom.